The molecule has 0 spiro atoms. The molecule has 140 valence electrons. The molecule has 0 bridgehead atoms. The Morgan fingerprint density at radius 1 is 1.22 bits per heavy atom. The van der Waals surface area contributed by atoms with Gasteiger partial charge in [-0.05, 0) is 54.5 Å². The molecule has 6 nitrogen and oxygen atoms in total. The molecule has 4 rings (SSSR count). The van der Waals surface area contributed by atoms with Gasteiger partial charge in [-0.15, -0.1) is 0 Å². The molecule has 1 atom stereocenters. The number of nitrogens with one attached hydrogen (secondary N) is 3. The normalized spacial score (nSPS) is 16.6. The number of carbonyl (C=O) groups excluding carboxylic acids is 2. The molecule has 0 aromatic heterocycles. The van der Waals surface area contributed by atoms with Gasteiger partial charge in [0.15, 0.2) is 6.61 Å². The van der Waals surface area contributed by atoms with E-state index in [1.54, 1.807) is 0 Å². The van der Waals surface area contributed by atoms with E-state index >= 15 is 0 Å². The van der Waals surface area contributed by atoms with Gasteiger partial charge < -0.3 is 20.7 Å². The van der Waals surface area contributed by atoms with Crippen molar-refractivity contribution < 1.29 is 14.3 Å². The molecule has 0 radical (unpaired) electrons. The van der Waals surface area contributed by atoms with Crippen LogP contribution >= 0.6 is 0 Å². The molecule has 1 aliphatic heterocycles. The Balaban J connectivity index is 1.31. The Kier molecular flexibility index (Phi) is 4.71. The summed E-state index contributed by atoms with van der Waals surface area (Å²) in [7, 11) is 0. The maximum absolute atomic E-state index is 12.2. The molecule has 1 heterocycles. The maximum Gasteiger partial charge on any atom is 0.315 e. The van der Waals surface area contributed by atoms with Crippen LogP contribution in [0, 0.1) is 0 Å². The van der Waals surface area contributed by atoms with Crippen LogP contribution in [0.5, 0.6) is 5.75 Å². The first-order chi connectivity index (χ1) is 13.1. The summed E-state index contributed by atoms with van der Waals surface area (Å²) >= 11 is 0. The van der Waals surface area contributed by atoms with Gasteiger partial charge in [-0.3, -0.25) is 4.79 Å². The Morgan fingerprint density at radius 3 is 2.74 bits per heavy atom. The van der Waals surface area contributed by atoms with Crippen molar-refractivity contribution in [2.75, 3.05) is 11.9 Å². The third-order valence-electron chi connectivity index (χ3n) is 4.97. The highest BCUT2D eigenvalue weighted by Crippen LogP contribution is 2.39. The summed E-state index contributed by atoms with van der Waals surface area (Å²) < 4.78 is 5.35. The summed E-state index contributed by atoms with van der Waals surface area (Å²) in [6, 6.07) is 13.5. The predicted octanol–water partition coefficient (Wildman–Crippen LogP) is 3.46. The van der Waals surface area contributed by atoms with Crippen LogP contribution < -0.4 is 20.7 Å². The molecule has 27 heavy (non-hydrogen) atoms. The molecule has 1 saturated carbocycles. The molecule has 2 aliphatic rings. The molecule has 2 aromatic rings. The first kappa shape index (κ1) is 17.4. The average Bonchev–Trinajstić information content (AvgIpc) is 3.51. The minimum Gasteiger partial charge on any atom is -0.482 e. The van der Waals surface area contributed by atoms with Gasteiger partial charge in [0.25, 0.3) is 5.91 Å². The van der Waals surface area contributed by atoms with Gasteiger partial charge in [-0.2, -0.15) is 0 Å². The van der Waals surface area contributed by atoms with Gasteiger partial charge in [0, 0.05) is 6.54 Å². The number of urea groups is 1. The number of fused-ring (bicyclic) bond motifs is 1. The van der Waals surface area contributed by atoms with Crippen molar-refractivity contribution in [2.45, 2.75) is 38.3 Å². The summed E-state index contributed by atoms with van der Waals surface area (Å²) in [6.45, 7) is 2.42. The number of hydrogen-bond donors (Lipinski definition) is 3. The van der Waals surface area contributed by atoms with Crippen molar-refractivity contribution in [1.82, 2.24) is 10.6 Å². The fraction of sp³-hybridized carbons (Fsp3) is 0.333. The van der Waals surface area contributed by atoms with E-state index in [0.29, 0.717) is 18.0 Å². The zero-order chi connectivity index (χ0) is 18.8. The van der Waals surface area contributed by atoms with E-state index in [4.69, 9.17) is 4.74 Å². The van der Waals surface area contributed by atoms with Gasteiger partial charge in [0.1, 0.15) is 5.75 Å². The minimum atomic E-state index is -0.230. The van der Waals surface area contributed by atoms with Crippen LogP contribution in [0.4, 0.5) is 10.5 Å². The lowest BCUT2D eigenvalue weighted by molar-refractivity contribution is -0.118. The first-order valence-corrected chi connectivity index (χ1v) is 9.28. The fourth-order valence-corrected chi connectivity index (χ4v) is 3.21. The van der Waals surface area contributed by atoms with Crippen molar-refractivity contribution in [2.24, 2.45) is 0 Å². The number of anilines is 1. The van der Waals surface area contributed by atoms with Gasteiger partial charge in [0.2, 0.25) is 0 Å². The lowest BCUT2D eigenvalue weighted by Gasteiger charge is -2.21. The van der Waals surface area contributed by atoms with E-state index < -0.39 is 0 Å². The van der Waals surface area contributed by atoms with Crippen LogP contribution in [0.3, 0.4) is 0 Å². The van der Waals surface area contributed by atoms with E-state index in [-0.39, 0.29) is 24.6 Å². The van der Waals surface area contributed by atoms with Gasteiger partial charge in [-0.1, -0.05) is 30.3 Å². The van der Waals surface area contributed by atoms with Crippen molar-refractivity contribution >= 4 is 17.6 Å². The van der Waals surface area contributed by atoms with Gasteiger partial charge in [-0.25, -0.2) is 4.79 Å². The number of rotatable bonds is 5. The second kappa shape index (κ2) is 7.31. The van der Waals surface area contributed by atoms with Crippen molar-refractivity contribution in [1.29, 1.82) is 0 Å². The average molecular weight is 365 g/mol. The molecule has 0 unspecified atom stereocenters. The zero-order valence-corrected chi connectivity index (χ0v) is 15.2. The van der Waals surface area contributed by atoms with Crippen LogP contribution in [0.15, 0.2) is 42.5 Å². The number of hydrogen-bond acceptors (Lipinski definition) is 3. The van der Waals surface area contributed by atoms with Crippen LogP contribution in [0.2, 0.25) is 0 Å². The molecule has 2 aromatic carbocycles. The van der Waals surface area contributed by atoms with E-state index in [1.165, 1.54) is 18.4 Å². The number of ether oxygens (including phenoxy) is 1. The summed E-state index contributed by atoms with van der Waals surface area (Å²) in [4.78, 5) is 23.7. The summed E-state index contributed by atoms with van der Waals surface area (Å²) in [5.74, 6) is 1.21. The Bertz CT molecular complexity index is 859. The highest BCUT2D eigenvalue weighted by atomic mass is 16.5. The fourth-order valence-electron chi connectivity index (χ4n) is 3.21. The number of amides is 3. The minimum absolute atomic E-state index is 0.0319. The monoisotopic (exact) mass is 365 g/mol. The third-order valence-corrected chi connectivity index (χ3v) is 4.97. The molecule has 1 fully saturated rings. The molecular formula is C21H23N3O3. The highest BCUT2D eigenvalue weighted by molar-refractivity contribution is 5.95. The quantitative estimate of drug-likeness (QED) is 0.759. The number of benzene rings is 2. The summed E-state index contributed by atoms with van der Waals surface area (Å²) in [5, 5.41) is 8.59. The molecule has 6 heteroatoms. The molecule has 1 aliphatic carbocycles. The molecular weight excluding hydrogens is 342 g/mol. The van der Waals surface area contributed by atoms with Crippen LogP contribution in [-0.2, 0) is 11.3 Å². The van der Waals surface area contributed by atoms with Gasteiger partial charge in [0.05, 0.1) is 11.7 Å². The molecule has 3 amide bonds. The molecule has 0 saturated heterocycles. The Hall–Kier alpha value is -3.02. The SMILES string of the molecule is C[C@H](NC(=O)NCc1ccc(C2CC2)cc1)c1ccc2c(c1)NC(=O)CO2. The lowest BCUT2D eigenvalue weighted by atomic mass is 10.1. The van der Waals surface area contributed by atoms with Crippen molar-refractivity contribution in [3.8, 4) is 5.75 Å². The Labute approximate surface area is 158 Å². The first-order valence-electron chi connectivity index (χ1n) is 9.28. The topological polar surface area (TPSA) is 79.5 Å². The number of carbonyl (C=O) groups is 2. The van der Waals surface area contributed by atoms with Crippen LogP contribution in [0.1, 0.15) is 48.4 Å². The van der Waals surface area contributed by atoms with E-state index in [0.717, 1.165) is 17.0 Å². The van der Waals surface area contributed by atoms with E-state index in [1.807, 2.05) is 25.1 Å². The second-order valence-corrected chi connectivity index (χ2v) is 7.16. The van der Waals surface area contributed by atoms with Crippen molar-refractivity contribution in [3.63, 3.8) is 0 Å². The predicted molar refractivity (Wildman–Crippen MR) is 103 cm³/mol. The van der Waals surface area contributed by atoms with Gasteiger partial charge >= 0.3 is 6.03 Å². The second-order valence-electron chi connectivity index (χ2n) is 7.16. The van der Waals surface area contributed by atoms with E-state index in [9.17, 15) is 9.59 Å². The summed E-state index contributed by atoms with van der Waals surface area (Å²) in [5.41, 5.74) is 3.99. The summed E-state index contributed by atoms with van der Waals surface area (Å²) in [6.07, 6.45) is 2.58. The van der Waals surface area contributed by atoms with Crippen LogP contribution in [-0.4, -0.2) is 18.5 Å². The van der Waals surface area contributed by atoms with E-state index in [2.05, 4.69) is 40.2 Å². The van der Waals surface area contributed by atoms with Crippen molar-refractivity contribution in [3.05, 3.63) is 59.2 Å². The maximum atomic E-state index is 12.2. The zero-order valence-electron chi connectivity index (χ0n) is 15.2. The largest absolute Gasteiger partial charge is 0.482 e. The van der Waals surface area contributed by atoms with Crippen LogP contribution in [0.25, 0.3) is 0 Å². The lowest BCUT2D eigenvalue weighted by Crippen LogP contribution is -2.36. The standard InChI is InChI=1S/C21H23N3O3/c1-13(17-8-9-19-18(10-17)24-20(25)12-27-19)23-21(26)22-11-14-2-4-15(5-3-14)16-6-7-16/h2-5,8-10,13,16H,6-7,11-12H2,1H3,(H,24,25)(H2,22,23,26)/t13-/m0/s1. The smallest absolute Gasteiger partial charge is 0.315 e. The highest BCUT2D eigenvalue weighted by Gasteiger charge is 2.23. The molecule has 3 N–H and O–H groups in total. The Morgan fingerprint density at radius 2 is 2.00 bits per heavy atom. The third kappa shape index (κ3) is 4.22.